The highest BCUT2D eigenvalue weighted by Crippen LogP contribution is 2.41. The number of nitrogens with one attached hydrogen (secondary N) is 3. The first-order valence-electron chi connectivity index (χ1n) is 12.1. The van der Waals surface area contributed by atoms with Crippen molar-refractivity contribution in [1.29, 1.82) is 0 Å². The highest BCUT2D eigenvalue weighted by Gasteiger charge is 2.40. The second-order valence-corrected chi connectivity index (χ2v) is 9.74. The fraction of sp³-hybridized carbons (Fsp3) is 0.520. The van der Waals surface area contributed by atoms with Crippen LogP contribution in [-0.4, -0.2) is 61.5 Å². The van der Waals surface area contributed by atoms with E-state index in [2.05, 4.69) is 16.0 Å². The topological polar surface area (TPSA) is 117 Å². The van der Waals surface area contributed by atoms with E-state index in [4.69, 9.17) is 4.74 Å². The summed E-state index contributed by atoms with van der Waals surface area (Å²) < 4.78 is 6.08. The molecule has 2 heterocycles. The predicted molar refractivity (Wildman–Crippen MR) is 137 cm³/mol. The van der Waals surface area contributed by atoms with E-state index in [0.717, 1.165) is 10.1 Å². The summed E-state index contributed by atoms with van der Waals surface area (Å²) in [6, 6.07) is 7.21. The second-order valence-electron chi connectivity index (χ2n) is 8.69. The van der Waals surface area contributed by atoms with E-state index in [-0.39, 0.29) is 43.3 Å². The summed E-state index contributed by atoms with van der Waals surface area (Å²) >= 11 is 1.36. The van der Waals surface area contributed by atoms with E-state index >= 15 is 0 Å². The standard InChI is InChI=1S/C25H34N4O5S/c1-4-26-19(30)15-25(16-20(31)34-6-3)11-13-29(14-12-25)23(32)21-17-9-7-8-10-18(17)35-22(21)28-24(33)27-5-2/h7-10H,4-6,11-16H2,1-3H3,(H,26,30)(H2,27,28,33). The number of fused-ring (bicyclic) bond motifs is 1. The molecule has 3 N–H and O–H groups in total. The van der Waals surface area contributed by atoms with Crippen molar-refractivity contribution < 1.29 is 23.9 Å². The molecule has 1 aromatic carbocycles. The van der Waals surface area contributed by atoms with Gasteiger partial charge in [-0.1, -0.05) is 18.2 Å². The number of thiophene rings is 1. The van der Waals surface area contributed by atoms with Gasteiger partial charge < -0.3 is 20.3 Å². The van der Waals surface area contributed by atoms with Crippen LogP contribution >= 0.6 is 11.3 Å². The third kappa shape index (κ3) is 6.50. The zero-order chi connectivity index (χ0) is 25.4. The van der Waals surface area contributed by atoms with E-state index in [1.807, 2.05) is 38.1 Å². The minimum absolute atomic E-state index is 0.103. The third-order valence-electron chi connectivity index (χ3n) is 6.22. The minimum Gasteiger partial charge on any atom is -0.466 e. The molecule has 0 bridgehead atoms. The number of amides is 4. The number of piperidine rings is 1. The number of carbonyl (C=O) groups excluding carboxylic acids is 4. The van der Waals surface area contributed by atoms with Crippen LogP contribution in [-0.2, 0) is 14.3 Å². The normalized spacial score (nSPS) is 14.9. The van der Waals surface area contributed by atoms with Crippen LogP contribution in [0.1, 0.15) is 56.8 Å². The van der Waals surface area contributed by atoms with Crippen LogP contribution in [0.15, 0.2) is 24.3 Å². The summed E-state index contributed by atoms with van der Waals surface area (Å²) in [5.41, 5.74) is -0.0837. The van der Waals surface area contributed by atoms with E-state index < -0.39 is 5.41 Å². The van der Waals surface area contributed by atoms with Gasteiger partial charge in [-0.15, -0.1) is 11.3 Å². The molecule has 0 atom stereocenters. The SMILES string of the molecule is CCNC(=O)CC1(CC(=O)OCC)CCN(C(=O)c2c(NC(=O)NCC)sc3ccccc23)CC1. The molecule has 3 rings (SSSR count). The van der Waals surface area contributed by atoms with Crippen molar-refractivity contribution in [2.24, 2.45) is 5.41 Å². The maximum absolute atomic E-state index is 13.7. The number of urea groups is 1. The fourth-order valence-corrected chi connectivity index (χ4v) is 5.62. The monoisotopic (exact) mass is 502 g/mol. The van der Waals surface area contributed by atoms with Crippen LogP contribution < -0.4 is 16.0 Å². The molecule has 0 unspecified atom stereocenters. The molecule has 0 saturated carbocycles. The fourth-order valence-electron chi connectivity index (χ4n) is 4.53. The molecule has 1 saturated heterocycles. The van der Waals surface area contributed by atoms with Crippen molar-refractivity contribution >= 4 is 50.2 Å². The Bertz CT molecular complexity index is 1050. The number of hydrogen-bond donors (Lipinski definition) is 3. The highest BCUT2D eigenvalue weighted by atomic mass is 32.1. The molecule has 0 radical (unpaired) electrons. The average Bonchev–Trinajstić information content (AvgIpc) is 3.17. The molecule has 190 valence electrons. The summed E-state index contributed by atoms with van der Waals surface area (Å²) in [4.78, 5) is 52.4. The van der Waals surface area contributed by atoms with E-state index in [0.29, 0.717) is 49.6 Å². The smallest absolute Gasteiger partial charge is 0.319 e. The Hall–Kier alpha value is -3.14. The van der Waals surface area contributed by atoms with Gasteiger partial charge in [0.1, 0.15) is 5.00 Å². The number of anilines is 1. The predicted octanol–water partition coefficient (Wildman–Crippen LogP) is 3.74. The van der Waals surface area contributed by atoms with Crippen LogP contribution in [0, 0.1) is 5.41 Å². The van der Waals surface area contributed by atoms with Gasteiger partial charge in [-0.25, -0.2) is 4.79 Å². The lowest BCUT2D eigenvalue weighted by molar-refractivity contribution is -0.147. The number of rotatable bonds is 9. The van der Waals surface area contributed by atoms with Gasteiger partial charge >= 0.3 is 12.0 Å². The maximum atomic E-state index is 13.7. The Morgan fingerprint density at radius 1 is 1.00 bits per heavy atom. The summed E-state index contributed by atoms with van der Waals surface area (Å²) in [6.07, 6.45) is 1.38. The Labute approximate surface area is 209 Å². The number of benzene rings is 1. The van der Waals surface area contributed by atoms with Crippen molar-refractivity contribution in [2.75, 3.05) is 38.1 Å². The molecule has 1 aliphatic heterocycles. The Morgan fingerprint density at radius 3 is 2.34 bits per heavy atom. The van der Waals surface area contributed by atoms with E-state index in [1.165, 1.54) is 11.3 Å². The molecule has 4 amide bonds. The van der Waals surface area contributed by atoms with Gasteiger partial charge in [0.25, 0.3) is 5.91 Å². The summed E-state index contributed by atoms with van der Waals surface area (Å²) in [5.74, 6) is -0.598. The molecular weight excluding hydrogens is 468 g/mol. The number of nitrogens with zero attached hydrogens (tertiary/aromatic N) is 1. The zero-order valence-electron chi connectivity index (χ0n) is 20.6. The number of likely N-dealkylation sites (tertiary alicyclic amines) is 1. The quantitative estimate of drug-likeness (QED) is 0.452. The minimum atomic E-state index is -0.554. The molecule has 35 heavy (non-hydrogen) atoms. The van der Waals surface area contributed by atoms with Crippen LogP contribution in [0.4, 0.5) is 9.80 Å². The summed E-state index contributed by atoms with van der Waals surface area (Å²) in [5, 5.41) is 9.64. The van der Waals surface area contributed by atoms with Gasteiger partial charge in [0.05, 0.1) is 18.6 Å². The highest BCUT2D eigenvalue weighted by molar-refractivity contribution is 7.23. The van der Waals surface area contributed by atoms with Gasteiger partial charge in [0.2, 0.25) is 5.91 Å². The van der Waals surface area contributed by atoms with E-state index in [9.17, 15) is 19.2 Å². The molecule has 0 aliphatic carbocycles. The van der Waals surface area contributed by atoms with Crippen molar-refractivity contribution in [3.8, 4) is 0 Å². The molecule has 2 aromatic rings. The number of carbonyl (C=O) groups is 4. The lowest BCUT2D eigenvalue weighted by Crippen LogP contribution is -2.46. The molecule has 1 aromatic heterocycles. The molecule has 10 heteroatoms. The van der Waals surface area contributed by atoms with Crippen LogP contribution in [0.25, 0.3) is 10.1 Å². The summed E-state index contributed by atoms with van der Waals surface area (Å²) in [6.45, 7) is 7.53. The number of esters is 1. The van der Waals surface area contributed by atoms with Crippen molar-refractivity contribution in [3.05, 3.63) is 29.8 Å². The van der Waals surface area contributed by atoms with Gasteiger partial charge in [-0.05, 0) is 45.1 Å². The zero-order valence-corrected chi connectivity index (χ0v) is 21.4. The van der Waals surface area contributed by atoms with Gasteiger partial charge in [-0.3, -0.25) is 19.7 Å². The largest absolute Gasteiger partial charge is 0.466 e. The first-order chi connectivity index (χ1) is 16.8. The molecule has 0 spiro atoms. The lowest BCUT2D eigenvalue weighted by atomic mass is 9.72. The number of ether oxygens (including phenoxy) is 1. The molecule has 1 aliphatic rings. The van der Waals surface area contributed by atoms with Crippen LogP contribution in [0.2, 0.25) is 0 Å². The molecule has 1 fully saturated rings. The Morgan fingerprint density at radius 2 is 1.69 bits per heavy atom. The first-order valence-corrected chi connectivity index (χ1v) is 12.9. The third-order valence-corrected chi connectivity index (χ3v) is 7.31. The summed E-state index contributed by atoms with van der Waals surface area (Å²) in [7, 11) is 0. The van der Waals surface area contributed by atoms with Crippen LogP contribution in [0.3, 0.4) is 0 Å². The van der Waals surface area contributed by atoms with Crippen molar-refractivity contribution in [1.82, 2.24) is 15.5 Å². The second kappa shape index (κ2) is 12.0. The van der Waals surface area contributed by atoms with Crippen molar-refractivity contribution in [2.45, 2.75) is 46.5 Å². The van der Waals surface area contributed by atoms with E-state index in [1.54, 1.807) is 11.8 Å². The maximum Gasteiger partial charge on any atom is 0.319 e. The Kier molecular flexibility index (Phi) is 9.08. The first kappa shape index (κ1) is 26.5. The molecular formula is C25H34N4O5S. The van der Waals surface area contributed by atoms with Crippen molar-refractivity contribution in [3.63, 3.8) is 0 Å². The lowest BCUT2D eigenvalue weighted by Gasteiger charge is -2.41. The van der Waals surface area contributed by atoms with Gasteiger partial charge in [0, 0.05) is 42.7 Å². The number of hydrogen-bond acceptors (Lipinski definition) is 6. The molecule has 9 nitrogen and oxygen atoms in total. The van der Waals surface area contributed by atoms with Gasteiger partial charge in [-0.2, -0.15) is 0 Å². The average molecular weight is 503 g/mol. The van der Waals surface area contributed by atoms with Gasteiger partial charge in [0.15, 0.2) is 0 Å². The Balaban J connectivity index is 1.82. The van der Waals surface area contributed by atoms with Crippen LogP contribution in [0.5, 0.6) is 0 Å².